The number of methoxy groups -OCH3 is 1. The van der Waals surface area contributed by atoms with Gasteiger partial charge in [-0.05, 0) is 45.2 Å². The van der Waals surface area contributed by atoms with Crippen LogP contribution in [0.3, 0.4) is 0 Å². The number of pyridine rings is 1. The summed E-state index contributed by atoms with van der Waals surface area (Å²) in [6.45, 7) is 6.83. The third kappa shape index (κ3) is 8.61. The van der Waals surface area contributed by atoms with Crippen LogP contribution in [0.2, 0.25) is 0 Å². The Morgan fingerprint density at radius 2 is 2.00 bits per heavy atom. The molecule has 148 valence electrons. The van der Waals surface area contributed by atoms with Crippen LogP contribution >= 0.6 is 0 Å². The lowest BCUT2D eigenvalue weighted by Gasteiger charge is -2.09. The van der Waals surface area contributed by atoms with E-state index in [-0.39, 0.29) is 18.0 Å². The second kappa shape index (κ2) is 12.0. The van der Waals surface area contributed by atoms with Gasteiger partial charge in [0.15, 0.2) is 11.4 Å². The van der Waals surface area contributed by atoms with Crippen LogP contribution in [0.4, 0.5) is 0 Å². The molecule has 2 amide bonds. The highest BCUT2D eigenvalue weighted by atomic mass is 16.5. The second-order valence-electron chi connectivity index (χ2n) is 6.36. The lowest BCUT2D eigenvalue weighted by Crippen LogP contribution is -2.36. The van der Waals surface area contributed by atoms with E-state index in [1.54, 1.807) is 6.07 Å². The van der Waals surface area contributed by atoms with Crippen LogP contribution in [0.15, 0.2) is 35.6 Å². The first-order valence-corrected chi connectivity index (χ1v) is 8.81. The number of nitrogens with zero attached hydrogens (tertiary/aromatic N) is 1. The van der Waals surface area contributed by atoms with Crippen molar-refractivity contribution in [2.75, 3.05) is 20.3 Å². The molecule has 0 saturated carbocycles. The predicted octanol–water partition coefficient (Wildman–Crippen LogP) is 2.51. The normalized spacial score (nSPS) is 11.1. The van der Waals surface area contributed by atoms with E-state index in [1.807, 2.05) is 0 Å². The van der Waals surface area contributed by atoms with Crippen molar-refractivity contribution in [3.05, 3.63) is 46.8 Å². The summed E-state index contributed by atoms with van der Waals surface area (Å²) in [5.74, 6) is -0.959. The molecule has 0 saturated heterocycles. The van der Waals surface area contributed by atoms with Crippen LogP contribution in [-0.4, -0.2) is 37.1 Å². The third-order valence-electron chi connectivity index (χ3n) is 3.69. The van der Waals surface area contributed by atoms with Gasteiger partial charge >= 0.3 is 0 Å². The number of allylic oxidation sites excluding steroid dienone is 3. The number of ether oxygens (including phenoxy) is 2. The minimum atomic E-state index is -0.648. The molecule has 0 aliphatic carbocycles. The molecule has 1 aromatic heterocycles. The predicted molar refractivity (Wildman–Crippen MR) is 104 cm³/mol. The van der Waals surface area contributed by atoms with E-state index in [4.69, 9.17) is 15.2 Å². The van der Waals surface area contributed by atoms with Gasteiger partial charge in [-0.1, -0.05) is 23.3 Å². The third-order valence-corrected chi connectivity index (χ3v) is 3.69. The largest absolute Gasteiger partial charge is 0.494 e. The van der Waals surface area contributed by atoms with Crippen LogP contribution in [0.25, 0.3) is 0 Å². The van der Waals surface area contributed by atoms with Gasteiger partial charge in [-0.25, -0.2) is 4.98 Å². The van der Waals surface area contributed by atoms with E-state index in [0.717, 1.165) is 18.4 Å². The maximum atomic E-state index is 12.0. The zero-order valence-electron chi connectivity index (χ0n) is 16.5. The van der Waals surface area contributed by atoms with Gasteiger partial charge < -0.3 is 15.2 Å². The fourth-order valence-electron chi connectivity index (χ4n) is 2.20. The highest BCUT2D eigenvalue weighted by molar-refractivity contribution is 6.05. The Morgan fingerprint density at radius 1 is 1.26 bits per heavy atom. The Morgan fingerprint density at radius 3 is 2.63 bits per heavy atom. The van der Waals surface area contributed by atoms with Crippen molar-refractivity contribution < 1.29 is 19.1 Å². The fourth-order valence-corrected chi connectivity index (χ4v) is 2.20. The van der Waals surface area contributed by atoms with Gasteiger partial charge in [0.05, 0.1) is 26.9 Å². The number of carbonyl (C=O) groups is 2. The zero-order valence-corrected chi connectivity index (χ0v) is 16.5. The number of nitrogens with one attached hydrogen (secondary N) is 1. The Kier molecular flexibility index (Phi) is 10.00. The van der Waals surface area contributed by atoms with Gasteiger partial charge in [-0.15, -0.1) is 0 Å². The van der Waals surface area contributed by atoms with E-state index in [1.165, 1.54) is 24.5 Å². The zero-order chi connectivity index (χ0) is 20.2. The average molecular weight is 375 g/mol. The lowest BCUT2D eigenvalue weighted by atomic mass is 10.1. The number of carbonyl (C=O) groups excluding carboxylic acids is 2. The molecule has 0 spiro atoms. The number of amides is 2. The van der Waals surface area contributed by atoms with Crippen molar-refractivity contribution in [1.82, 2.24) is 10.3 Å². The smallest absolute Gasteiger partial charge is 0.280 e. The molecule has 7 nitrogen and oxygen atoms in total. The number of hydrogen-bond acceptors (Lipinski definition) is 6. The first kappa shape index (κ1) is 22.5. The van der Waals surface area contributed by atoms with Gasteiger partial charge in [-0.2, -0.15) is 0 Å². The molecule has 0 aliphatic rings. The van der Waals surface area contributed by atoms with E-state index in [2.05, 4.69) is 43.2 Å². The van der Waals surface area contributed by atoms with Gasteiger partial charge in [0.25, 0.3) is 5.91 Å². The summed E-state index contributed by atoms with van der Waals surface area (Å²) >= 11 is 0. The van der Waals surface area contributed by atoms with Crippen LogP contribution in [0, 0.1) is 0 Å². The molecule has 27 heavy (non-hydrogen) atoms. The summed E-state index contributed by atoms with van der Waals surface area (Å²) in [4.78, 5) is 27.3. The molecule has 0 bridgehead atoms. The maximum Gasteiger partial charge on any atom is 0.280 e. The SMILES string of the molecule is COc1cc(COCC=C(C)CCC=C(C)C)cnc1C(=O)NC(=O)CN. The van der Waals surface area contributed by atoms with Crippen molar-refractivity contribution in [2.24, 2.45) is 5.73 Å². The second-order valence-corrected chi connectivity index (χ2v) is 6.36. The fraction of sp³-hybridized carbons (Fsp3) is 0.450. The molecular formula is C20H29N3O4. The number of nitrogens with two attached hydrogens (primary N) is 1. The highest BCUT2D eigenvalue weighted by Crippen LogP contribution is 2.18. The van der Waals surface area contributed by atoms with Crippen LogP contribution in [0.1, 0.15) is 49.7 Å². The van der Waals surface area contributed by atoms with Crippen molar-refractivity contribution in [1.29, 1.82) is 0 Å². The highest BCUT2D eigenvalue weighted by Gasteiger charge is 2.16. The molecule has 0 fully saturated rings. The Labute approximate surface area is 160 Å². The lowest BCUT2D eigenvalue weighted by molar-refractivity contribution is -0.118. The molecule has 0 aliphatic heterocycles. The number of aromatic nitrogens is 1. The molecular weight excluding hydrogens is 346 g/mol. The summed E-state index contributed by atoms with van der Waals surface area (Å²) in [6.07, 6.45) is 7.84. The van der Waals surface area contributed by atoms with Crippen LogP contribution in [-0.2, 0) is 16.1 Å². The number of hydrogen-bond donors (Lipinski definition) is 2. The molecule has 0 aromatic carbocycles. The van der Waals surface area contributed by atoms with Crippen molar-refractivity contribution in [3.63, 3.8) is 0 Å². The minimum Gasteiger partial charge on any atom is -0.494 e. The molecule has 3 N–H and O–H groups in total. The average Bonchev–Trinajstić information content (AvgIpc) is 2.64. The quantitative estimate of drug-likeness (QED) is 0.481. The van der Waals surface area contributed by atoms with E-state index >= 15 is 0 Å². The van der Waals surface area contributed by atoms with Crippen molar-refractivity contribution >= 4 is 11.8 Å². The molecule has 0 unspecified atom stereocenters. The summed E-state index contributed by atoms with van der Waals surface area (Å²) in [5.41, 5.74) is 8.58. The molecule has 7 heteroatoms. The topological polar surface area (TPSA) is 104 Å². The van der Waals surface area contributed by atoms with E-state index in [9.17, 15) is 9.59 Å². The van der Waals surface area contributed by atoms with E-state index < -0.39 is 11.8 Å². The van der Waals surface area contributed by atoms with Gasteiger partial charge in [-0.3, -0.25) is 14.9 Å². The first-order valence-electron chi connectivity index (χ1n) is 8.81. The summed E-state index contributed by atoms with van der Waals surface area (Å²) in [5, 5.41) is 2.14. The van der Waals surface area contributed by atoms with Gasteiger partial charge in [0.1, 0.15) is 0 Å². The standard InChI is InChI=1S/C20H29N3O4/c1-14(2)6-5-7-15(3)8-9-27-13-16-10-17(26-4)19(22-12-16)20(25)23-18(24)11-21/h6,8,10,12H,5,7,9,11,13,21H2,1-4H3,(H,23,24,25). The van der Waals surface area contributed by atoms with Gasteiger partial charge in [0.2, 0.25) is 5.91 Å². The summed E-state index contributed by atoms with van der Waals surface area (Å²) in [6, 6.07) is 1.67. The molecule has 0 atom stereocenters. The molecule has 1 heterocycles. The first-order chi connectivity index (χ1) is 12.9. The van der Waals surface area contributed by atoms with Crippen LogP contribution < -0.4 is 15.8 Å². The molecule has 1 aromatic rings. The van der Waals surface area contributed by atoms with Gasteiger partial charge in [0, 0.05) is 6.20 Å². The maximum absolute atomic E-state index is 12.0. The Bertz CT molecular complexity index is 707. The number of imide groups is 1. The summed E-state index contributed by atoms with van der Waals surface area (Å²) in [7, 11) is 1.43. The van der Waals surface area contributed by atoms with Crippen molar-refractivity contribution in [3.8, 4) is 5.75 Å². The van der Waals surface area contributed by atoms with Crippen molar-refractivity contribution in [2.45, 2.75) is 40.2 Å². The minimum absolute atomic E-state index is 0.0260. The Balaban J connectivity index is 2.58. The molecule has 1 rings (SSSR count). The monoisotopic (exact) mass is 375 g/mol. The van der Waals surface area contributed by atoms with Crippen LogP contribution in [0.5, 0.6) is 5.75 Å². The number of rotatable bonds is 10. The Hall–Kier alpha value is -2.51. The molecule has 0 radical (unpaired) electrons. The van der Waals surface area contributed by atoms with E-state index in [0.29, 0.717) is 13.2 Å². The summed E-state index contributed by atoms with van der Waals surface area (Å²) < 4.78 is 10.8.